The van der Waals surface area contributed by atoms with Crippen molar-refractivity contribution in [1.29, 1.82) is 0 Å². The van der Waals surface area contributed by atoms with Crippen molar-refractivity contribution in [2.75, 3.05) is 5.73 Å². The largest absolute Gasteiger partial charge is 0.398 e. The molecular formula is C7H7Br2N. The summed E-state index contributed by atoms with van der Waals surface area (Å²) in [7, 11) is 0. The van der Waals surface area contributed by atoms with Gasteiger partial charge >= 0.3 is 0 Å². The number of aryl methyl sites for hydroxylation is 1. The Morgan fingerprint density at radius 3 is 2.40 bits per heavy atom. The molecule has 0 aromatic heterocycles. The topological polar surface area (TPSA) is 26.0 Å². The highest BCUT2D eigenvalue weighted by molar-refractivity contribution is 9.11. The van der Waals surface area contributed by atoms with Crippen LogP contribution in [-0.2, 0) is 0 Å². The molecule has 0 aliphatic heterocycles. The fourth-order valence-electron chi connectivity index (χ4n) is 0.751. The summed E-state index contributed by atoms with van der Waals surface area (Å²) in [6, 6.07) is 3.89. The van der Waals surface area contributed by atoms with Gasteiger partial charge in [-0.1, -0.05) is 15.9 Å². The van der Waals surface area contributed by atoms with Gasteiger partial charge in [-0.15, -0.1) is 0 Å². The van der Waals surface area contributed by atoms with Crippen LogP contribution < -0.4 is 5.73 Å². The summed E-state index contributed by atoms with van der Waals surface area (Å²) >= 11 is 6.71. The van der Waals surface area contributed by atoms with Crippen LogP contribution in [0.3, 0.4) is 0 Å². The van der Waals surface area contributed by atoms with Crippen molar-refractivity contribution < 1.29 is 0 Å². The number of benzene rings is 1. The van der Waals surface area contributed by atoms with Gasteiger partial charge in [-0.25, -0.2) is 0 Å². The monoisotopic (exact) mass is 263 g/mol. The van der Waals surface area contributed by atoms with Crippen LogP contribution in [0.1, 0.15) is 5.56 Å². The fourth-order valence-corrected chi connectivity index (χ4v) is 1.57. The van der Waals surface area contributed by atoms with Crippen LogP contribution in [0.25, 0.3) is 0 Å². The summed E-state index contributed by atoms with van der Waals surface area (Å²) in [5.74, 6) is 0. The third kappa shape index (κ3) is 1.52. The molecule has 0 saturated carbocycles. The molecule has 1 nitrogen and oxygen atoms in total. The van der Waals surface area contributed by atoms with E-state index in [0.29, 0.717) is 0 Å². The quantitative estimate of drug-likeness (QED) is 0.716. The summed E-state index contributed by atoms with van der Waals surface area (Å²) < 4.78 is 2.00. The average molecular weight is 265 g/mol. The number of nitrogen functional groups attached to an aromatic ring is 1. The minimum Gasteiger partial charge on any atom is -0.398 e. The Kier molecular flexibility index (Phi) is 2.36. The van der Waals surface area contributed by atoms with Crippen LogP contribution in [0, 0.1) is 6.92 Å². The van der Waals surface area contributed by atoms with E-state index >= 15 is 0 Å². The van der Waals surface area contributed by atoms with Crippen LogP contribution in [0.4, 0.5) is 5.69 Å². The summed E-state index contributed by atoms with van der Waals surface area (Å²) in [4.78, 5) is 0. The third-order valence-electron chi connectivity index (χ3n) is 1.25. The minimum atomic E-state index is 0.770. The lowest BCUT2D eigenvalue weighted by atomic mass is 10.2. The summed E-state index contributed by atoms with van der Waals surface area (Å²) in [6.45, 7) is 2.01. The lowest BCUT2D eigenvalue weighted by molar-refractivity contribution is 1.41. The molecule has 3 heteroatoms. The molecule has 0 saturated heterocycles. The molecule has 0 heterocycles. The molecule has 1 aromatic rings. The maximum atomic E-state index is 5.64. The van der Waals surface area contributed by atoms with E-state index in [1.165, 1.54) is 0 Å². The van der Waals surface area contributed by atoms with Crippen molar-refractivity contribution in [3.63, 3.8) is 0 Å². The first-order valence-corrected chi connectivity index (χ1v) is 4.41. The highest BCUT2D eigenvalue weighted by Gasteiger charge is 1.99. The van der Waals surface area contributed by atoms with Gasteiger partial charge in [0.1, 0.15) is 0 Å². The molecule has 0 unspecified atom stereocenters. The first-order chi connectivity index (χ1) is 4.61. The van der Waals surface area contributed by atoms with E-state index in [1.54, 1.807) is 0 Å². The van der Waals surface area contributed by atoms with Crippen LogP contribution in [-0.4, -0.2) is 0 Å². The second kappa shape index (κ2) is 2.93. The normalized spacial score (nSPS) is 9.90. The van der Waals surface area contributed by atoms with Gasteiger partial charge in [0.25, 0.3) is 0 Å². The molecule has 0 bridgehead atoms. The van der Waals surface area contributed by atoms with Gasteiger partial charge in [0.2, 0.25) is 0 Å². The van der Waals surface area contributed by atoms with E-state index in [9.17, 15) is 0 Å². The van der Waals surface area contributed by atoms with Crippen LogP contribution in [0.2, 0.25) is 0 Å². The Bertz CT molecular complexity index is 235. The number of nitrogens with two attached hydrogens (primary N) is 1. The Balaban J connectivity index is 3.31. The smallest absolute Gasteiger partial charge is 0.0472 e. The maximum Gasteiger partial charge on any atom is 0.0472 e. The lowest BCUT2D eigenvalue weighted by Crippen LogP contribution is -1.88. The highest BCUT2D eigenvalue weighted by atomic mass is 79.9. The molecule has 0 radical (unpaired) electrons. The summed E-state index contributed by atoms with van der Waals surface area (Å²) in [6.07, 6.45) is 0. The number of rotatable bonds is 0. The zero-order valence-electron chi connectivity index (χ0n) is 5.49. The molecule has 54 valence electrons. The Labute approximate surface area is 76.9 Å². The minimum absolute atomic E-state index is 0.770. The van der Waals surface area contributed by atoms with Gasteiger partial charge in [0.05, 0.1) is 0 Å². The predicted octanol–water partition coefficient (Wildman–Crippen LogP) is 3.10. The van der Waals surface area contributed by atoms with Gasteiger partial charge in [0.15, 0.2) is 0 Å². The lowest BCUT2D eigenvalue weighted by Gasteiger charge is -2.01. The van der Waals surface area contributed by atoms with Crippen molar-refractivity contribution in [2.45, 2.75) is 6.92 Å². The molecule has 1 aromatic carbocycles. The van der Waals surface area contributed by atoms with Crippen molar-refractivity contribution in [3.05, 3.63) is 26.6 Å². The summed E-state index contributed by atoms with van der Waals surface area (Å²) in [5, 5.41) is 0. The van der Waals surface area contributed by atoms with E-state index in [4.69, 9.17) is 5.73 Å². The van der Waals surface area contributed by atoms with E-state index in [1.807, 2.05) is 19.1 Å². The van der Waals surface area contributed by atoms with Gasteiger partial charge in [-0.3, -0.25) is 0 Å². The second-order valence-electron chi connectivity index (χ2n) is 2.13. The number of hydrogen-bond donors (Lipinski definition) is 1. The van der Waals surface area contributed by atoms with E-state index < -0.39 is 0 Å². The molecule has 0 fully saturated rings. The SMILES string of the molecule is Cc1cc(Br)cc(N)c1Br. The van der Waals surface area contributed by atoms with Crippen molar-refractivity contribution >= 4 is 37.5 Å². The van der Waals surface area contributed by atoms with E-state index in [-0.39, 0.29) is 0 Å². The Morgan fingerprint density at radius 2 is 1.90 bits per heavy atom. The summed E-state index contributed by atoms with van der Waals surface area (Å²) in [5.41, 5.74) is 7.56. The maximum absolute atomic E-state index is 5.64. The van der Waals surface area contributed by atoms with Gasteiger partial charge in [-0.2, -0.15) is 0 Å². The zero-order valence-corrected chi connectivity index (χ0v) is 8.66. The Hall–Kier alpha value is -0.0200. The molecule has 0 amide bonds. The highest BCUT2D eigenvalue weighted by Crippen LogP contribution is 2.27. The molecule has 10 heavy (non-hydrogen) atoms. The molecule has 0 spiro atoms. The zero-order chi connectivity index (χ0) is 7.72. The van der Waals surface area contributed by atoms with E-state index in [0.717, 1.165) is 20.2 Å². The molecule has 0 atom stereocenters. The van der Waals surface area contributed by atoms with E-state index in [2.05, 4.69) is 31.9 Å². The number of anilines is 1. The third-order valence-corrected chi connectivity index (χ3v) is 2.79. The van der Waals surface area contributed by atoms with Crippen LogP contribution in [0.5, 0.6) is 0 Å². The van der Waals surface area contributed by atoms with Crippen molar-refractivity contribution in [1.82, 2.24) is 0 Å². The molecular weight excluding hydrogens is 258 g/mol. The average Bonchev–Trinajstić information content (AvgIpc) is 1.82. The van der Waals surface area contributed by atoms with Gasteiger partial charge < -0.3 is 5.73 Å². The van der Waals surface area contributed by atoms with Gasteiger partial charge in [-0.05, 0) is 40.5 Å². The first kappa shape index (κ1) is 8.08. The standard InChI is InChI=1S/C7H7Br2N/c1-4-2-5(8)3-6(10)7(4)9/h2-3H,10H2,1H3. The molecule has 1 rings (SSSR count). The van der Waals surface area contributed by atoms with Crippen molar-refractivity contribution in [3.8, 4) is 0 Å². The van der Waals surface area contributed by atoms with Gasteiger partial charge in [0, 0.05) is 14.6 Å². The molecule has 0 aliphatic carbocycles. The first-order valence-electron chi connectivity index (χ1n) is 2.82. The Morgan fingerprint density at radius 1 is 1.30 bits per heavy atom. The number of hydrogen-bond acceptors (Lipinski definition) is 1. The fraction of sp³-hybridized carbons (Fsp3) is 0.143. The van der Waals surface area contributed by atoms with Crippen molar-refractivity contribution in [2.24, 2.45) is 0 Å². The second-order valence-corrected chi connectivity index (χ2v) is 3.83. The molecule has 2 N–H and O–H groups in total. The molecule has 0 aliphatic rings. The van der Waals surface area contributed by atoms with Crippen LogP contribution >= 0.6 is 31.9 Å². The van der Waals surface area contributed by atoms with Crippen LogP contribution in [0.15, 0.2) is 21.1 Å². The number of halogens is 2. The predicted molar refractivity (Wildman–Crippen MR) is 51.0 cm³/mol.